The fourth-order valence-corrected chi connectivity index (χ4v) is 1.42. The molecule has 0 bridgehead atoms. The van der Waals surface area contributed by atoms with Crippen LogP contribution in [0.1, 0.15) is 22.3 Å². The van der Waals surface area contributed by atoms with Gasteiger partial charge in [0.15, 0.2) is 0 Å². The maximum Gasteiger partial charge on any atom is 0.326 e. The molecule has 0 aliphatic rings. The molecule has 0 unspecified atom stereocenters. The minimum Gasteiger partial charge on any atom is -0.480 e. The number of carbonyl (C=O) groups excluding carboxylic acids is 2. The van der Waals surface area contributed by atoms with Gasteiger partial charge in [-0.25, -0.2) is 4.79 Å². The fourth-order valence-electron chi connectivity index (χ4n) is 1.42. The SMILES string of the molecule is Cc1ccc(C(=O)N[C@H](CC(N)=O)C(=O)O)cc1N. The predicted octanol–water partition coefficient (Wildman–Crippen LogP) is -0.364. The first-order valence-electron chi connectivity index (χ1n) is 5.49. The second-order valence-corrected chi connectivity index (χ2v) is 4.11. The molecule has 0 aromatic heterocycles. The van der Waals surface area contributed by atoms with Crippen LogP contribution in [-0.2, 0) is 9.59 Å². The number of nitrogens with two attached hydrogens (primary N) is 2. The largest absolute Gasteiger partial charge is 0.480 e. The van der Waals surface area contributed by atoms with Gasteiger partial charge in [-0.1, -0.05) is 6.07 Å². The van der Waals surface area contributed by atoms with E-state index >= 15 is 0 Å². The molecule has 1 atom stereocenters. The molecule has 0 saturated carbocycles. The Morgan fingerprint density at radius 3 is 2.47 bits per heavy atom. The van der Waals surface area contributed by atoms with E-state index in [1.807, 2.05) is 0 Å². The van der Waals surface area contributed by atoms with Crippen LogP contribution < -0.4 is 16.8 Å². The molecule has 1 rings (SSSR count). The Labute approximate surface area is 109 Å². The van der Waals surface area contributed by atoms with Gasteiger partial charge in [0.05, 0.1) is 6.42 Å². The molecule has 0 spiro atoms. The molecule has 0 saturated heterocycles. The minimum atomic E-state index is -1.35. The van der Waals surface area contributed by atoms with Crippen molar-refractivity contribution in [3.05, 3.63) is 29.3 Å². The van der Waals surface area contributed by atoms with E-state index in [9.17, 15) is 14.4 Å². The molecule has 0 aliphatic heterocycles. The summed E-state index contributed by atoms with van der Waals surface area (Å²) in [6.07, 6.45) is -0.470. The lowest BCUT2D eigenvalue weighted by Crippen LogP contribution is -2.43. The van der Waals surface area contributed by atoms with Crippen molar-refractivity contribution in [3.8, 4) is 0 Å². The molecule has 0 fully saturated rings. The zero-order valence-corrected chi connectivity index (χ0v) is 10.3. The standard InChI is InChI=1S/C12H15N3O4/c1-6-2-3-7(4-8(6)13)11(17)15-9(12(18)19)5-10(14)16/h2-4,9H,5,13H2,1H3,(H2,14,16)(H,15,17)(H,18,19)/t9-/m1/s1. The molecule has 0 heterocycles. The van der Waals surface area contributed by atoms with Gasteiger partial charge in [0.25, 0.3) is 5.91 Å². The molecular weight excluding hydrogens is 250 g/mol. The lowest BCUT2D eigenvalue weighted by Gasteiger charge is -2.13. The summed E-state index contributed by atoms with van der Waals surface area (Å²) in [7, 11) is 0. The van der Waals surface area contributed by atoms with Gasteiger partial charge >= 0.3 is 5.97 Å². The number of benzene rings is 1. The van der Waals surface area contributed by atoms with Gasteiger partial charge < -0.3 is 21.9 Å². The van der Waals surface area contributed by atoms with Crippen LogP contribution in [0.5, 0.6) is 0 Å². The number of carboxylic acid groups (broad SMARTS) is 1. The van der Waals surface area contributed by atoms with Crippen LogP contribution in [-0.4, -0.2) is 28.9 Å². The number of hydrogen-bond acceptors (Lipinski definition) is 4. The van der Waals surface area contributed by atoms with Crippen molar-refractivity contribution < 1.29 is 19.5 Å². The lowest BCUT2D eigenvalue weighted by atomic mass is 10.1. The van der Waals surface area contributed by atoms with Crippen LogP contribution in [0, 0.1) is 6.92 Å². The number of nitrogens with one attached hydrogen (secondary N) is 1. The summed E-state index contributed by atoms with van der Waals surface area (Å²) in [6, 6.07) is 3.25. The second kappa shape index (κ2) is 5.85. The normalized spacial score (nSPS) is 11.6. The Morgan fingerprint density at radius 1 is 1.37 bits per heavy atom. The van der Waals surface area contributed by atoms with Gasteiger partial charge in [0.2, 0.25) is 5.91 Å². The molecule has 7 heteroatoms. The van der Waals surface area contributed by atoms with Crippen molar-refractivity contribution in [2.75, 3.05) is 5.73 Å². The molecule has 2 amide bonds. The smallest absolute Gasteiger partial charge is 0.326 e. The van der Waals surface area contributed by atoms with Crippen molar-refractivity contribution in [2.24, 2.45) is 5.73 Å². The third-order valence-electron chi connectivity index (χ3n) is 2.55. The number of carbonyl (C=O) groups is 3. The van der Waals surface area contributed by atoms with Crippen molar-refractivity contribution >= 4 is 23.5 Å². The van der Waals surface area contributed by atoms with Crippen molar-refractivity contribution in [1.29, 1.82) is 0 Å². The zero-order chi connectivity index (χ0) is 14.6. The Kier molecular flexibility index (Phi) is 4.46. The summed E-state index contributed by atoms with van der Waals surface area (Å²) < 4.78 is 0. The van der Waals surface area contributed by atoms with Crippen LogP contribution in [0.15, 0.2) is 18.2 Å². The Morgan fingerprint density at radius 2 is 2.00 bits per heavy atom. The van der Waals surface area contributed by atoms with E-state index in [1.54, 1.807) is 13.0 Å². The molecule has 0 radical (unpaired) electrons. The Balaban J connectivity index is 2.84. The molecule has 7 nitrogen and oxygen atoms in total. The Bertz CT molecular complexity index is 528. The van der Waals surface area contributed by atoms with E-state index < -0.39 is 30.2 Å². The van der Waals surface area contributed by atoms with E-state index in [0.717, 1.165) is 5.56 Å². The van der Waals surface area contributed by atoms with Gasteiger partial charge in [0.1, 0.15) is 6.04 Å². The van der Waals surface area contributed by atoms with Crippen LogP contribution in [0.25, 0.3) is 0 Å². The van der Waals surface area contributed by atoms with Crippen LogP contribution in [0.2, 0.25) is 0 Å². The minimum absolute atomic E-state index is 0.221. The number of hydrogen-bond donors (Lipinski definition) is 4. The molecule has 0 aliphatic carbocycles. The van der Waals surface area contributed by atoms with Gasteiger partial charge in [0, 0.05) is 11.3 Å². The number of nitrogen functional groups attached to an aromatic ring is 1. The van der Waals surface area contributed by atoms with Crippen molar-refractivity contribution in [2.45, 2.75) is 19.4 Å². The first kappa shape index (κ1) is 14.5. The van der Waals surface area contributed by atoms with Crippen LogP contribution in [0.4, 0.5) is 5.69 Å². The molecule has 1 aromatic carbocycles. The number of primary amides is 1. The van der Waals surface area contributed by atoms with E-state index in [2.05, 4.69) is 5.32 Å². The molecule has 1 aromatic rings. The number of amides is 2. The third-order valence-corrected chi connectivity index (χ3v) is 2.55. The number of aryl methyl sites for hydroxylation is 1. The maximum absolute atomic E-state index is 11.8. The van der Waals surface area contributed by atoms with E-state index in [1.165, 1.54) is 12.1 Å². The number of anilines is 1. The molecule has 102 valence electrons. The van der Waals surface area contributed by atoms with E-state index in [4.69, 9.17) is 16.6 Å². The van der Waals surface area contributed by atoms with Crippen LogP contribution in [0.3, 0.4) is 0 Å². The Hall–Kier alpha value is -2.57. The fraction of sp³-hybridized carbons (Fsp3) is 0.250. The predicted molar refractivity (Wildman–Crippen MR) is 68.3 cm³/mol. The quantitative estimate of drug-likeness (QED) is 0.539. The second-order valence-electron chi connectivity index (χ2n) is 4.11. The highest BCUT2D eigenvalue weighted by atomic mass is 16.4. The number of rotatable bonds is 5. The lowest BCUT2D eigenvalue weighted by molar-refractivity contribution is -0.140. The summed E-state index contributed by atoms with van der Waals surface area (Å²) in [5.41, 5.74) is 12.0. The summed E-state index contributed by atoms with van der Waals surface area (Å²) in [4.78, 5) is 33.4. The first-order chi connectivity index (χ1) is 8.81. The van der Waals surface area contributed by atoms with E-state index in [0.29, 0.717) is 5.69 Å². The van der Waals surface area contributed by atoms with Crippen LogP contribution >= 0.6 is 0 Å². The molecular formula is C12H15N3O4. The highest BCUT2D eigenvalue weighted by Gasteiger charge is 2.22. The first-order valence-corrected chi connectivity index (χ1v) is 5.49. The average molecular weight is 265 g/mol. The summed E-state index contributed by atoms with van der Waals surface area (Å²) in [5.74, 6) is -2.76. The summed E-state index contributed by atoms with van der Waals surface area (Å²) >= 11 is 0. The average Bonchev–Trinajstić information content (AvgIpc) is 2.31. The summed E-state index contributed by atoms with van der Waals surface area (Å²) in [5, 5.41) is 11.1. The van der Waals surface area contributed by atoms with E-state index in [-0.39, 0.29) is 5.56 Å². The number of aliphatic carboxylic acids is 1. The van der Waals surface area contributed by atoms with Gasteiger partial charge in [-0.15, -0.1) is 0 Å². The maximum atomic E-state index is 11.8. The van der Waals surface area contributed by atoms with Gasteiger partial charge in [-0.2, -0.15) is 0 Å². The van der Waals surface area contributed by atoms with Crippen molar-refractivity contribution in [3.63, 3.8) is 0 Å². The monoisotopic (exact) mass is 265 g/mol. The third kappa shape index (κ3) is 3.98. The van der Waals surface area contributed by atoms with Gasteiger partial charge in [-0.05, 0) is 24.6 Å². The molecule has 19 heavy (non-hydrogen) atoms. The molecule has 6 N–H and O–H groups in total. The van der Waals surface area contributed by atoms with Gasteiger partial charge in [-0.3, -0.25) is 9.59 Å². The highest BCUT2D eigenvalue weighted by Crippen LogP contribution is 2.13. The summed E-state index contributed by atoms with van der Waals surface area (Å²) in [6.45, 7) is 1.78. The number of carboxylic acids is 1. The highest BCUT2D eigenvalue weighted by molar-refractivity contribution is 5.98. The van der Waals surface area contributed by atoms with Crippen molar-refractivity contribution in [1.82, 2.24) is 5.32 Å². The topological polar surface area (TPSA) is 136 Å². The zero-order valence-electron chi connectivity index (χ0n) is 10.3.